The molecule has 0 aliphatic carbocycles. The highest BCUT2D eigenvalue weighted by Gasteiger charge is 2.15. The number of anilines is 1. The molecule has 5 aromatic rings. The van der Waals surface area contributed by atoms with Crippen LogP contribution in [-0.2, 0) is 0 Å². The zero-order chi connectivity index (χ0) is 19.6. The molecule has 9 heteroatoms. The van der Waals surface area contributed by atoms with Crippen LogP contribution in [0.25, 0.3) is 33.8 Å². The van der Waals surface area contributed by atoms with Gasteiger partial charge in [-0.05, 0) is 29.5 Å². The lowest BCUT2D eigenvalue weighted by Crippen LogP contribution is -2.13. The molecule has 3 aromatic heterocycles. The third kappa shape index (κ3) is 3.21. The van der Waals surface area contributed by atoms with Crippen LogP contribution in [0.1, 0.15) is 10.4 Å². The van der Waals surface area contributed by atoms with E-state index in [1.54, 1.807) is 24.4 Å². The summed E-state index contributed by atoms with van der Waals surface area (Å²) in [5, 5.41) is 16.7. The molecule has 0 fully saturated rings. The fraction of sp³-hybridized carbons (Fsp3) is 0. The van der Waals surface area contributed by atoms with Gasteiger partial charge in [0, 0.05) is 17.3 Å². The molecule has 3 N–H and O–H groups in total. The van der Waals surface area contributed by atoms with Gasteiger partial charge in [0.1, 0.15) is 17.2 Å². The van der Waals surface area contributed by atoms with Crippen molar-refractivity contribution in [1.29, 1.82) is 0 Å². The summed E-state index contributed by atoms with van der Waals surface area (Å²) in [6.45, 7) is 0. The molecule has 0 bridgehead atoms. The van der Waals surface area contributed by atoms with E-state index < -0.39 is 0 Å². The van der Waals surface area contributed by atoms with Crippen LogP contribution in [-0.4, -0.2) is 41.5 Å². The average Bonchev–Trinajstić information content (AvgIpc) is 3.44. The van der Waals surface area contributed by atoms with E-state index in [0.717, 1.165) is 16.6 Å². The van der Waals surface area contributed by atoms with Gasteiger partial charge in [-0.2, -0.15) is 5.21 Å². The number of benzene rings is 2. The molecule has 5 rings (SSSR count). The number of hydrogen-bond donors (Lipinski definition) is 3. The molecule has 0 aliphatic rings. The summed E-state index contributed by atoms with van der Waals surface area (Å²) in [4.78, 5) is 24.8. The summed E-state index contributed by atoms with van der Waals surface area (Å²) >= 11 is 0. The van der Waals surface area contributed by atoms with E-state index in [-0.39, 0.29) is 5.91 Å². The van der Waals surface area contributed by atoms with E-state index in [9.17, 15) is 4.79 Å². The maximum atomic E-state index is 12.7. The molecular weight excluding hydrogens is 368 g/mol. The van der Waals surface area contributed by atoms with Crippen molar-refractivity contribution in [2.24, 2.45) is 0 Å². The Morgan fingerprint density at radius 2 is 1.79 bits per heavy atom. The Hall–Kier alpha value is -4.40. The Bertz CT molecular complexity index is 1280. The number of para-hydroxylation sites is 1. The van der Waals surface area contributed by atoms with E-state index in [1.807, 2.05) is 42.5 Å². The summed E-state index contributed by atoms with van der Waals surface area (Å²) in [7, 11) is 0. The first-order valence-electron chi connectivity index (χ1n) is 8.83. The minimum atomic E-state index is -0.264. The summed E-state index contributed by atoms with van der Waals surface area (Å²) in [6, 6.07) is 18.4. The van der Waals surface area contributed by atoms with Crippen LogP contribution < -0.4 is 5.32 Å². The molecule has 2 aromatic carbocycles. The molecule has 1 amide bonds. The number of tetrazole rings is 1. The highest BCUT2D eigenvalue weighted by molar-refractivity contribution is 6.11. The van der Waals surface area contributed by atoms with Crippen LogP contribution in [0.4, 0.5) is 5.82 Å². The lowest BCUT2D eigenvalue weighted by atomic mass is 10.1. The van der Waals surface area contributed by atoms with E-state index in [0.29, 0.717) is 28.5 Å². The van der Waals surface area contributed by atoms with E-state index in [2.05, 4.69) is 40.9 Å². The van der Waals surface area contributed by atoms with Crippen molar-refractivity contribution in [2.75, 3.05) is 5.32 Å². The van der Waals surface area contributed by atoms with E-state index >= 15 is 0 Å². The number of carbonyl (C=O) groups excluding carboxylic acids is 1. The van der Waals surface area contributed by atoms with Gasteiger partial charge in [-0.15, -0.1) is 10.2 Å². The molecule has 9 nitrogen and oxygen atoms in total. The van der Waals surface area contributed by atoms with Crippen LogP contribution in [0.3, 0.4) is 0 Å². The maximum Gasteiger partial charge on any atom is 0.259 e. The Morgan fingerprint density at radius 3 is 2.55 bits per heavy atom. The van der Waals surface area contributed by atoms with Gasteiger partial charge in [0.15, 0.2) is 0 Å². The van der Waals surface area contributed by atoms with E-state index in [4.69, 9.17) is 0 Å². The highest BCUT2D eigenvalue weighted by atomic mass is 16.1. The SMILES string of the molecule is O=C(Nc1ccccn1)c1cccc2[nH]c(-c3ccc(-c4nn[nH]n4)cc3)nc12. The lowest BCUT2D eigenvalue weighted by molar-refractivity contribution is 0.102. The third-order valence-electron chi connectivity index (χ3n) is 4.43. The van der Waals surface area contributed by atoms with Crippen LogP contribution in [0.5, 0.6) is 0 Å². The molecule has 0 saturated carbocycles. The fourth-order valence-corrected chi connectivity index (χ4v) is 3.03. The van der Waals surface area contributed by atoms with Crippen molar-refractivity contribution in [3.63, 3.8) is 0 Å². The highest BCUT2D eigenvalue weighted by Crippen LogP contribution is 2.25. The summed E-state index contributed by atoms with van der Waals surface area (Å²) in [6.07, 6.45) is 1.63. The summed E-state index contributed by atoms with van der Waals surface area (Å²) in [5.41, 5.74) is 3.56. The predicted molar refractivity (Wildman–Crippen MR) is 107 cm³/mol. The van der Waals surface area contributed by atoms with Gasteiger partial charge in [0.2, 0.25) is 5.82 Å². The van der Waals surface area contributed by atoms with E-state index in [1.165, 1.54) is 0 Å². The third-order valence-corrected chi connectivity index (χ3v) is 4.43. The smallest absolute Gasteiger partial charge is 0.259 e. The van der Waals surface area contributed by atoms with Crippen LogP contribution in [0, 0.1) is 0 Å². The van der Waals surface area contributed by atoms with Gasteiger partial charge in [0.05, 0.1) is 11.1 Å². The quantitative estimate of drug-likeness (QED) is 0.439. The van der Waals surface area contributed by atoms with Crippen LogP contribution in [0.15, 0.2) is 66.9 Å². The number of aromatic nitrogens is 7. The largest absolute Gasteiger partial charge is 0.338 e. The molecular formula is C20H14N8O. The average molecular weight is 382 g/mol. The molecule has 140 valence electrons. The van der Waals surface area contributed by atoms with Gasteiger partial charge in [0.25, 0.3) is 5.91 Å². The van der Waals surface area contributed by atoms with Crippen molar-refractivity contribution in [3.05, 3.63) is 72.4 Å². The number of amides is 1. The van der Waals surface area contributed by atoms with Crippen molar-refractivity contribution < 1.29 is 4.79 Å². The minimum absolute atomic E-state index is 0.264. The second-order valence-electron chi connectivity index (χ2n) is 6.27. The second kappa shape index (κ2) is 6.97. The zero-order valence-electron chi connectivity index (χ0n) is 15.0. The summed E-state index contributed by atoms with van der Waals surface area (Å²) < 4.78 is 0. The monoisotopic (exact) mass is 382 g/mol. The first kappa shape index (κ1) is 16.8. The molecule has 0 unspecified atom stereocenters. The first-order valence-corrected chi connectivity index (χ1v) is 8.83. The fourth-order valence-electron chi connectivity index (χ4n) is 3.03. The van der Waals surface area contributed by atoms with Crippen LogP contribution in [0.2, 0.25) is 0 Å². The van der Waals surface area contributed by atoms with Gasteiger partial charge in [-0.25, -0.2) is 9.97 Å². The molecule has 0 atom stereocenters. The Balaban J connectivity index is 1.48. The number of fused-ring (bicyclic) bond motifs is 1. The Kier molecular flexibility index (Phi) is 4.02. The van der Waals surface area contributed by atoms with Crippen molar-refractivity contribution >= 4 is 22.8 Å². The number of nitrogens with one attached hydrogen (secondary N) is 3. The summed E-state index contributed by atoms with van der Waals surface area (Å²) in [5.74, 6) is 1.41. The molecule has 3 heterocycles. The first-order chi connectivity index (χ1) is 14.3. The van der Waals surface area contributed by atoms with Crippen molar-refractivity contribution in [1.82, 2.24) is 35.6 Å². The lowest BCUT2D eigenvalue weighted by Gasteiger charge is -2.04. The zero-order valence-corrected chi connectivity index (χ0v) is 15.0. The maximum absolute atomic E-state index is 12.7. The predicted octanol–water partition coefficient (Wildman–Crippen LogP) is 3.06. The van der Waals surface area contributed by atoms with Gasteiger partial charge >= 0.3 is 0 Å². The van der Waals surface area contributed by atoms with Gasteiger partial charge < -0.3 is 10.3 Å². The number of nitrogens with zero attached hydrogens (tertiary/aromatic N) is 5. The molecule has 0 aliphatic heterocycles. The number of hydrogen-bond acceptors (Lipinski definition) is 6. The van der Waals surface area contributed by atoms with Crippen molar-refractivity contribution in [3.8, 4) is 22.8 Å². The number of pyridine rings is 1. The number of H-pyrrole nitrogens is 2. The molecule has 0 spiro atoms. The van der Waals surface area contributed by atoms with Gasteiger partial charge in [-0.1, -0.05) is 36.4 Å². The number of aromatic amines is 2. The Labute approximate surface area is 164 Å². The normalized spacial score (nSPS) is 10.9. The Morgan fingerprint density at radius 1 is 0.931 bits per heavy atom. The molecule has 0 radical (unpaired) electrons. The van der Waals surface area contributed by atoms with Crippen LogP contribution >= 0.6 is 0 Å². The number of imidazole rings is 1. The topological polar surface area (TPSA) is 125 Å². The molecule has 0 saturated heterocycles. The van der Waals surface area contributed by atoms with Gasteiger partial charge in [-0.3, -0.25) is 4.79 Å². The molecule has 29 heavy (non-hydrogen) atoms. The second-order valence-corrected chi connectivity index (χ2v) is 6.27. The number of carbonyl (C=O) groups is 1. The number of rotatable bonds is 4. The van der Waals surface area contributed by atoms with Crippen molar-refractivity contribution in [2.45, 2.75) is 0 Å². The minimum Gasteiger partial charge on any atom is -0.338 e. The standard InChI is InChI=1S/C20H14N8O/c29-20(23-16-6-1-2-11-21-16)14-4-3-5-15-17(14)24-18(22-15)12-7-9-13(10-8-12)19-25-27-28-26-19/h1-11H,(H,22,24)(H,21,23,29)(H,25,26,27,28).